The number of hydrogen-bond donors (Lipinski definition) is 1. The molecule has 0 atom stereocenters. The fourth-order valence-corrected chi connectivity index (χ4v) is 2.15. The number of benzene rings is 1. The maximum Gasteiger partial charge on any atom is 0.287 e. The van der Waals surface area contributed by atoms with Crippen molar-refractivity contribution in [3.05, 3.63) is 34.5 Å². The van der Waals surface area contributed by atoms with Gasteiger partial charge < -0.3 is 14.5 Å². The molecule has 1 amide bonds. The fraction of sp³-hybridized carbons (Fsp3) is 0.308. The van der Waals surface area contributed by atoms with Gasteiger partial charge in [0.25, 0.3) is 5.91 Å². The van der Waals surface area contributed by atoms with Gasteiger partial charge in [0.15, 0.2) is 5.76 Å². The zero-order valence-corrected chi connectivity index (χ0v) is 10.6. The number of amides is 1. The van der Waals surface area contributed by atoms with E-state index in [9.17, 15) is 4.79 Å². The molecule has 94 valence electrons. The SMILES string of the molecule is Cc1c(C(=O)NC2COC2)oc2ccc(Cl)cc12. The Kier molecular flexibility index (Phi) is 2.76. The van der Waals surface area contributed by atoms with Crippen LogP contribution in [-0.2, 0) is 4.74 Å². The lowest BCUT2D eigenvalue weighted by atomic mass is 10.1. The standard InChI is InChI=1S/C13H12ClNO3/c1-7-10-4-8(14)2-3-11(10)18-12(7)13(16)15-9-5-17-6-9/h2-4,9H,5-6H2,1H3,(H,15,16). The number of carbonyl (C=O) groups excluding carboxylic acids is 1. The Hall–Kier alpha value is -1.52. The molecule has 1 aromatic carbocycles. The third kappa shape index (κ3) is 1.87. The number of aryl methyl sites for hydroxylation is 1. The van der Waals surface area contributed by atoms with Gasteiger partial charge >= 0.3 is 0 Å². The third-order valence-electron chi connectivity index (χ3n) is 3.08. The van der Waals surface area contributed by atoms with Gasteiger partial charge in [0, 0.05) is 16.0 Å². The van der Waals surface area contributed by atoms with Crippen LogP contribution in [0.3, 0.4) is 0 Å². The molecule has 0 aliphatic carbocycles. The Morgan fingerprint density at radius 3 is 2.89 bits per heavy atom. The summed E-state index contributed by atoms with van der Waals surface area (Å²) >= 11 is 5.94. The highest BCUT2D eigenvalue weighted by Gasteiger charge is 2.24. The molecule has 0 spiro atoms. The molecule has 1 aliphatic heterocycles. The molecule has 0 saturated carbocycles. The maximum atomic E-state index is 12.0. The highest BCUT2D eigenvalue weighted by Crippen LogP contribution is 2.27. The zero-order chi connectivity index (χ0) is 12.7. The van der Waals surface area contributed by atoms with Crippen molar-refractivity contribution in [2.75, 3.05) is 13.2 Å². The molecule has 1 N–H and O–H groups in total. The van der Waals surface area contributed by atoms with Gasteiger partial charge in [0.05, 0.1) is 19.3 Å². The average Bonchev–Trinajstić information content (AvgIpc) is 2.61. The Morgan fingerprint density at radius 2 is 2.22 bits per heavy atom. The molecule has 5 heteroatoms. The average molecular weight is 266 g/mol. The van der Waals surface area contributed by atoms with Crippen LogP contribution in [0, 0.1) is 6.92 Å². The molecule has 1 aromatic heterocycles. The summed E-state index contributed by atoms with van der Waals surface area (Å²) in [6.07, 6.45) is 0. The van der Waals surface area contributed by atoms with E-state index in [1.807, 2.05) is 6.92 Å². The largest absolute Gasteiger partial charge is 0.451 e. The van der Waals surface area contributed by atoms with Crippen LogP contribution in [0.5, 0.6) is 0 Å². The minimum absolute atomic E-state index is 0.0914. The van der Waals surface area contributed by atoms with Gasteiger partial charge in [-0.3, -0.25) is 4.79 Å². The molecule has 4 nitrogen and oxygen atoms in total. The van der Waals surface area contributed by atoms with E-state index in [1.54, 1.807) is 18.2 Å². The number of fused-ring (bicyclic) bond motifs is 1. The number of hydrogen-bond acceptors (Lipinski definition) is 3. The number of ether oxygens (including phenoxy) is 1. The van der Waals surface area contributed by atoms with Crippen molar-refractivity contribution in [2.45, 2.75) is 13.0 Å². The smallest absolute Gasteiger partial charge is 0.287 e. The first-order valence-corrected chi connectivity index (χ1v) is 6.10. The Morgan fingerprint density at radius 1 is 1.44 bits per heavy atom. The van der Waals surface area contributed by atoms with Crippen LogP contribution in [0.2, 0.25) is 5.02 Å². The summed E-state index contributed by atoms with van der Waals surface area (Å²) in [6.45, 7) is 2.99. The Labute approximate surface area is 109 Å². The highest BCUT2D eigenvalue weighted by atomic mass is 35.5. The van der Waals surface area contributed by atoms with Crippen LogP contribution in [0.25, 0.3) is 11.0 Å². The van der Waals surface area contributed by atoms with E-state index in [2.05, 4.69) is 5.32 Å². The van der Waals surface area contributed by atoms with Gasteiger partial charge in [-0.15, -0.1) is 0 Å². The third-order valence-corrected chi connectivity index (χ3v) is 3.31. The van der Waals surface area contributed by atoms with Gasteiger partial charge in [-0.2, -0.15) is 0 Å². The predicted octanol–water partition coefficient (Wildman–Crippen LogP) is 2.52. The van der Waals surface area contributed by atoms with E-state index in [0.29, 0.717) is 29.6 Å². The van der Waals surface area contributed by atoms with Gasteiger partial charge in [0.2, 0.25) is 0 Å². The number of nitrogens with one attached hydrogen (secondary N) is 1. The molecule has 0 bridgehead atoms. The van der Waals surface area contributed by atoms with Crippen LogP contribution < -0.4 is 5.32 Å². The molecular weight excluding hydrogens is 254 g/mol. The van der Waals surface area contributed by atoms with E-state index in [1.165, 1.54) is 0 Å². The molecule has 0 radical (unpaired) electrons. The summed E-state index contributed by atoms with van der Waals surface area (Å²) in [5.74, 6) is 0.146. The summed E-state index contributed by atoms with van der Waals surface area (Å²) in [5.41, 5.74) is 1.48. The Bertz CT molecular complexity index is 616. The number of furan rings is 1. The van der Waals surface area contributed by atoms with E-state index >= 15 is 0 Å². The first-order valence-electron chi connectivity index (χ1n) is 5.72. The van der Waals surface area contributed by atoms with Crippen LogP contribution in [-0.4, -0.2) is 25.2 Å². The number of rotatable bonds is 2. The van der Waals surface area contributed by atoms with Gasteiger partial charge in [0.1, 0.15) is 5.58 Å². The van der Waals surface area contributed by atoms with Crippen molar-refractivity contribution in [1.82, 2.24) is 5.32 Å². The molecule has 2 heterocycles. The molecule has 18 heavy (non-hydrogen) atoms. The second-order valence-corrected chi connectivity index (χ2v) is 4.84. The van der Waals surface area contributed by atoms with Crippen molar-refractivity contribution >= 4 is 28.5 Å². The molecule has 1 fully saturated rings. The lowest BCUT2D eigenvalue weighted by Gasteiger charge is -2.26. The quantitative estimate of drug-likeness (QED) is 0.908. The first kappa shape index (κ1) is 11.6. The second-order valence-electron chi connectivity index (χ2n) is 4.40. The van der Waals surface area contributed by atoms with E-state index in [0.717, 1.165) is 10.9 Å². The summed E-state index contributed by atoms with van der Waals surface area (Å²) in [4.78, 5) is 12.0. The van der Waals surface area contributed by atoms with Crippen molar-refractivity contribution < 1.29 is 13.9 Å². The summed E-state index contributed by atoms with van der Waals surface area (Å²) in [5, 5.41) is 4.36. The van der Waals surface area contributed by atoms with Crippen molar-refractivity contribution in [2.24, 2.45) is 0 Å². The summed E-state index contributed by atoms with van der Waals surface area (Å²) in [7, 11) is 0. The van der Waals surface area contributed by atoms with Crippen LogP contribution in [0.15, 0.2) is 22.6 Å². The molecule has 2 aromatic rings. The zero-order valence-electron chi connectivity index (χ0n) is 9.83. The van der Waals surface area contributed by atoms with Gasteiger partial charge in [-0.05, 0) is 25.1 Å². The molecule has 1 aliphatic rings. The van der Waals surface area contributed by atoms with Crippen LogP contribution in [0.4, 0.5) is 0 Å². The first-order chi connectivity index (χ1) is 8.65. The summed E-state index contributed by atoms with van der Waals surface area (Å²) in [6, 6.07) is 5.41. The topological polar surface area (TPSA) is 51.5 Å². The second kappa shape index (κ2) is 4.30. The minimum Gasteiger partial charge on any atom is -0.451 e. The van der Waals surface area contributed by atoms with E-state index in [4.69, 9.17) is 20.8 Å². The molecular formula is C13H12ClNO3. The lowest BCUT2D eigenvalue weighted by molar-refractivity contribution is -0.00388. The van der Waals surface area contributed by atoms with Crippen LogP contribution >= 0.6 is 11.6 Å². The summed E-state index contributed by atoms with van der Waals surface area (Å²) < 4.78 is 10.6. The Balaban J connectivity index is 1.95. The fourth-order valence-electron chi connectivity index (χ4n) is 1.98. The van der Waals surface area contributed by atoms with E-state index in [-0.39, 0.29) is 11.9 Å². The monoisotopic (exact) mass is 265 g/mol. The van der Waals surface area contributed by atoms with Crippen molar-refractivity contribution in [1.29, 1.82) is 0 Å². The van der Waals surface area contributed by atoms with Crippen molar-refractivity contribution in [3.63, 3.8) is 0 Å². The minimum atomic E-state index is -0.201. The molecule has 0 unspecified atom stereocenters. The number of carbonyl (C=O) groups is 1. The normalized spacial score (nSPS) is 15.7. The lowest BCUT2D eigenvalue weighted by Crippen LogP contribution is -2.48. The van der Waals surface area contributed by atoms with Crippen LogP contribution in [0.1, 0.15) is 16.1 Å². The predicted molar refractivity (Wildman–Crippen MR) is 68.0 cm³/mol. The van der Waals surface area contributed by atoms with Crippen molar-refractivity contribution in [3.8, 4) is 0 Å². The van der Waals surface area contributed by atoms with Gasteiger partial charge in [-0.25, -0.2) is 0 Å². The maximum absolute atomic E-state index is 12.0. The molecule has 3 rings (SSSR count). The highest BCUT2D eigenvalue weighted by molar-refractivity contribution is 6.31. The van der Waals surface area contributed by atoms with Gasteiger partial charge in [-0.1, -0.05) is 11.6 Å². The van der Waals surface area contributed by atoms with E-state index < -0.39 is 0 Å². The molecule has 1 saturated heterocycles. The number of halogens is 1.